The Balaban J connectivity index is 1.89. The SMILES string of the molecule is CCCCn1c(N)c(N(C)C(=O)[C@H]2CC(=O)N(c3cccc(C)c3C)C2)c(=O)[nH]c1=O. The highest BCUT2D eigenvalue weighted by atomic mass is 16.2. The van der Waals surface area contributed by atoms with E-state index in [4.69, 9.17) is 5.73 Å². The smallest absolute Gasteiger partial charge is 0.330 e. The molecule has 166 valence electrons. The van der Waals surface area contributed by atoms with Gasteiger partial charge in [0.15, 0.2) is 5.69 Å². The van der Waals surface area contributed by atoms with Crippen molar-refractivity contribution in [2.75, 3.05) is 29.1 Å². The number of nitrogens with one attached hydrogen (secondary N) is 1. The van der Waals surface area contributed by atoms with Gasteiger partial charge in [-0.25, -0.2) is 4.79 Å². The fourth-order valence-corrected chi connectivity index (χ4v) is 3.96. The van der Waals surface area contributed by atoms with E-state index in [1.54, 1.807) is 4.90 Å². The number of H-pyrrole nitrogens is 1. The lowest BCUT2D eigenvalue weighted by Gasteiger charge is -2.24. The minimum Gasteiger partial charge on any atom is -0.383 e. The van der Waals surface area contributed by atoms with Crippen LogP contribution in [0.4, 0.5) is 17.2 Å². The summed E-state index contributed by atoms with van der Waals surface area (Å²) in [5.41, 5.74) is 7.56. The Morgan fingerprint density at radius 3 is 2.65 bits per heavy atom. The zero-order chi connectivity index (χ0) is 22.9. The van der Waals surface area contributed by atoms with Gasteiger partial charge in [0.05, 0.1) is 5.92 Å². The van der Waals surface area contributed by atoms with Crippen molar-refractivity contribution in [3.05, 3.63) is 50.2 Å². The molecule has 1 fully saturated rings. The molecule has 0 spiro atoms. The number of nitrogens with two attached hydrogens (primary N) is 1. The molecule has 0 bridgehead atoms. The maximum absolute atomic E-state index is 13.2. The quantitative estimate of drug-likeness (QED) is 0.724. The molecule has 3 rings (SSSR count). The molecule has 2 aromatic rings. The van der Waals surface area contributed by atoms with Gasteiger partial charge in [-0.15, -0.1) is 0 Å². The monoisotopic (exact) mass is 427 g/mol. The van der Waals surface area contributed by atoms with Gasteiger partial charge in [0.25, 0.3) is 5.56 Å². The van der Waals surface area contributed by atoms with Gasteiger partial charge < -0.3 is 15.5 Å². The van der Waals surface area contributed by atoms with Gasteiger partial charge in [-0.05, 0) is 37.5 Å². The molecule has 9 heteroatoms. The standard InChI is InChI=1S/C22H29N5O4/c1-5-6-10-26-19(23)18(20(29)24-22(26)31)25(4)21(30)15-11-17(28)27(12-15)16-9-7-8-13(2)14(16)3/h7-9,15H,5-6,10-12,23H2,1-4H3,(H,24,29,31)/t15-/m0/s1. The van der Waals surface area contributed by atoms with E-state index in [-0.39, 0.29) is 36.3 Å². The van der Waals surface area contributed by atoms with Crippen LogP contribution in [-0.4, -0.2) is 35.0 Å². The molecule has 9 nitrogen and oxygen atoms in total. The van der Waals surface area contributed by atoms with Gasteiger partial charge in [0.2, 0.25) is 11.8 Å². The van der Waals surface area contributed by atoms with E-state index >= 15 is 0 Å². The van der Waals surface area contributed by atoms with Crippen LogP contribution in [0.5, 0.6) is 0 Å². The third-order valence-corrected chi connectivity index (χ3v) is 5.96. The number of benzene rings is 1. The van der Waals surface area contributed by atoms with Crippen LogP contribution in [0.25, 0.3) is 0 Å². The fourth-order valence-electron chi connectivity index (χ4n) is 3.96. The van der Waals surface area contributed by atoms with E-state index in [1.165, 1.54) is 16.5 Å². The van der Waals surface area contributed by atoms with E-state index in [1.807, 2.05) is 39.0 Å². The van der Waals surface area contributed by atoms with Crippen molar-refractivity contribution in [3.63, 3.8) is 0 Å². The van der Waals surface area contributed by atoms with E-state index < -0.39 is 17.2 Å². The van der Waals surface area contributed by atoms with Gasteiger partial charge in [-0.2, -0.15) is 0 Å². The fraction of sp³-hybridized carbons (Fsp3) is 0.455. The molecule has 0 aliphatic carbocycles. The zero-order valence-corrected chi connectivity index (χ0v) is 18.4. The third-order valence-electron chi connectivity index (χ3n) is 5.96. The summed E-state index contributed by atoms with van der Waals surface area (Å²) in [5.74, 6) is -1.20. The predicted octanol–water partition coefficient (Wildman–Crippen LogP) is 1.55. The largest absolute Gasteiger partial charge is 0.383 e. The summed E-state index contributed by atoms with van der Waals surface area (Å²) in [7, 11) is 1.45. The Bertz CT molecular complexity index is 1130. The first kappa shape index (κ1) is 22.3. The zero-order valence-electron chi connectivity index (χ0n) is 18.4. The van der Waals surface area contributed by atoms with E-state index in [2.05, 4.69) is 4.98 Å². The average Bonchev–Trinajstić information content (AvgIpc) is 3.10. The van der Waals surface area contributed by atoms with Gasteiger partial charge in [-0.3, -0.25) is 23.9 Å². The second-order valence-electron chi connectivity index (χ2n) is 8.02. The van der Waals surface area contributed by atoms with Gasteiger partial charge >= 0.3 is 5.69 Å². The maximum Gasteiger partial charge on any atom is 0.330 e. The molecular weight excluding hydrogens is 398 g/mol. The van der Waals surface area contributed by atoms with Crippen LogP contribution >= 0.6 is 0 Å². The topological polar surface area (TPSA) is 121 Å². The van der Waals surface area contributed by atoms with Crippen LogP contribution in [0, 0.1) is 19.8 Å². The van der Waals surface area contributed by atoms with Crippen LogP contribution in [0.15, 0.2) is 27.8 Å². The molecule has 2 amide bonds. The highest BCUT2D eigenvalue weighted by molar-refractivity contribution is 6.05. The van der Waals surface area contributed by atoms with Gasteiger partial charge in [-0.1, -0.05) is 25.5 Å². The molecule has 1 atom stereocenters. The number of amides is 2. The van der Waals surface area contributed by atoms with Crippen molar-refractivity contribution < 1.29 is 9.59 Å². The highest BCUT2D eigenvalue weighted by Crippen LogP contribution is 2.31. The van der Waals surface area contributed by atoms with Crippen molar-refractivity contribution in [2.24, 2.45) is 5.92 Å². The Morgan fingerprint density at radius 1 is 1.26 bits per heavy atom. The molecule has 31 heavy (non-hydrogen) atoms. The van der Waals surface area contributed by atoms with Crippen LogP contribution in [0.3, 0.4) is 0 Å². The number of aromatic amines is 1. The van der Waals surface area contributed by atoms with Gasteiger partial charge in [0, 0.05) is 32.2 Å². The van der Waals surface area contributed by atoms with E-state index in [0.29, 0.717) is 13.0 Å². The molecule has 0 radical (unpaired) electrons. The first-order valence-electron chi connectivity index (χ1n) is 10.4. The van der Waals surface area contributed by atoms with Crippen LogP contribution in [0.2, 0.25) is 0 Å². The first-order chi connectivity index (χ1) is 14.7. The van der Waals surface area contributed by atoms with E-state index in [0.717, 1.165) is 23.2 Å². The second-order valence-corrected chi connectivity index (χ2v) is 8.02. The number of carbonyl (C=O) groups excluding carboxylic acids is 2. The number of hydrogen-bond acceptors (Lipinski definition) is 5. The molecule has 0 unspecified atom stereocenters. The lowest BCUT2D eigenvalue weighted by molar-refractivity contribution is -0.124. The molecule has 1 aliphatic heterocycles. The van der Waals surface area contributed by atoms with Crippen molar-refractivity contribution in [3.8, 4) is 0 Å². The summed E-state index contributed by atoms with van der Waals surface area (Å²) in [5, 5.41) is 0. The summed E-state index contributed by atoms with van der Waals surface area (Å²) < 4.78 is 1.27. The maximum atomic E-state index is 13.2. The minimum atomic E-state index is -0.721. The molecule has 3 N–H and O–H groups in total. The van der Waals surface area contributed by atoms with Crippen molar-refractivity contribution in [2.45, 2.75) is 46.6 Å². The molecule has 1 aromatic heterocycles. The Morgan fingerprint density at radius 2 is 1.97 bits per heavy atom. The highest BCUT2D eigenvalue weighted by Gasteiger charge is 2.38. The average molecular weight is 428 g/mol. The minimum absolute atomic E-state index is 0.0455. The molecular formula is C22H29N5O4. The first-order valence-corrected chi connectivity index (χ1v) is 10.4. The molecule has 2 heterocycles. The Labute approximate surface area is 180 Å². The number of unbranched alkanes of at least 4 members (excludes halogenated alkanes) is 1. The number of nitrogens with zero attached hydrogens (tertiary/aromatic N) is 3. The summed E-state index contributed by atoms with van der Waals surface area (Å²) in [6, 6.07) is 5.72. The molecule has 1 aromatic carbocycles. The predicted molar refractivity (Wildman–Crippen MR) is 120 cm³/mol. The Kier molecular flexibility index (Phi) is 6.33. The van der Waals surface area contributed by atoms with Crippen molar-refractivity contribution in [1.82, 2.24) is 9.55 Å². The number of carbonyl (C=O) groups is 2. The molecule has 1 saturated heterocycles. The van der Waals surface area contributed by atoms with Crippen LogP contribution < -0.4 is 26.8 Å². The van der Waals surface area contributed by atoms with Crippen molar-refractivity contribution in [1.29, 1.82) is 0 Å². The van der Waals surface area contributed by atoms with Crippen LogP contribution in [0.1, 0.15) is 37.3 Å². The number of aromatic nitrogens is 2. The number of hydrogen-bond donors (Lipinski definition) is 2. The lowest BCUT2D eigenvalue weighted by atomic mass is 10.1. The Hall–Kier alpha value is -3.36. The van der Waals surface area contributed by atoms with Gasteiger partial charge in [0.1, 0.15) is 5.82 Å². The third kappa shape index (κ3) is 4.12. The van der Waals surface area contributed by atoms with Crippen molar-refractivity contribution >= 4 is 29.0 Å². The summed E-state index contributed by atoms with van der Waals surface area (Å²) in [4.78, 5) is 55.5. The molecule has 1 aliphatic rings. The normalized spacial score (nSPS) is 16.1. The van der Waals surface area contributed by atoms with Crippen LogP contribution in [-0.2, 0) is 16.1 Å². The number of nitrogen functional groups attached to an aromatic ring is 1. The number of aryl methyl sites for hydroxylation is 1. The van der Waals surface area contributed by atoms with E-state index in [9.17, 15) is 19.2 Å². The molecule has 0 saturated carbocycles. The second kappa shape index (κ2) is 8.79. The lowest BCUT2D eigenvalue weighted by Crippen LogP contribution is -2.42. The summed E-state index contributed by atoms with van der Waals surface area (Å²) >= 11 is 0. The number of anilines is 3. The number of rotatable bonds is 6. The summed E-state index contributed by atoms with van der Waals surface area (Å²) in [6.07, 6.45) is 1.59. The summed E-state index contributed by atoms with van der Waals surface area (Å²) in [6.45, 7) is 6.45.